The third-order valence-electron chi connectivity index (χ3n) is 4.67. The van der Waals surface area contributed by atoms with Gasteiger partial charge in [0.25, 0.3) is 0 Å². The number of aryl methyl sites for hydroxylation is 1. The van der Waals surface area contributed by atoms with Crippen LogP contribution in [-0.4, -0.2) is 33.7 Å². The Bertz CT molecular complexity index is 962. The standard InChI is InChI=1S/C22H29ClN2O4S/c1-5-29-20-12-9-18(10-13-20)17(3)24-22(26)7-6-14-25(30(4,27)28)21-15-19(23)11-8-16(21)2/h8-13,15,17H,5-7,14H2,1-4H3,(H,24,26)/t17-/m0/s1. The number of halogens is 1. The molecule has 0 fully saturated rings. The maximum atomic E-state index is 12.4. The van der Waals surface area contributed by atoms with Crippen molar-refractivity contribution < 1.29 is 17.9 Å². The number of anilines is 1. The van der Waals surface area contributed by atoms with Crippen molar-refractivity contribution in [3.63, 3.8) is 0 Å². The Balaban J connectivity index is 1.94. The number of carbonyl (C=O) groups is 1. The Morgan fingerprint density at radius 1 is 1.20 bits per heavy atom. The molecule has 0 unspecified atom stereocenters. The van der Waals surface area contributed by atoms with Gasteiger partial charge in [-0.05, 0) is 62.6 Å². The third kappa shape index (κ3) is 6.92. The summed E-state index contributed by atoms with van der Waals surface area (Å²) in [6.07, 6.45) is 1.76. The first-order chi connectivity index (χ1) is 14.1. The van der Waals surface area contributed by atoms with Gasteiger partial charge in [0.1, 0.15) is 5.75 Å². The molecule has 0 spiro atoms. The highest BCUT2D eigenvalue weighted by Crippen LogP contribution is 2.26. The Morgan fingerprint density at radius 2 is 1.87 bits per heavy atom. The highest BCUT2D eigenvalue weighted by molar-refractivity contribution is 7.92. The molecule has 1 atom stereocenters. The van der Waals surface area contributed by atoms with Gasteiger partial charge in [-0.1, -0.05) is 29.8 Å². The summed E-state index contributed by atoms with van der Waals surface area (Å²) in [5.41, 5.74) is 2.31. The van der Waals surface area contributed by atoms with Crippen molar-refractivity contribution in [1.29, 1.82) is 0 Å². The van der Waals surface area contributed by atoms with Crippen LogP contribution in [0.5, 0.6) is 5.75 Å². The third-order valence-corrected chi connectivity index (χ3v) is 6.09. The molecular weight excluding hydrogens is 424 g/mol. The van der Waals surface area contributed by atoms with E-state index >= 15 is 0 Å². The van der Waals surface area contributed by atoms with E-state index in [2.05, 4.69) is 5.32 Å². The van der Waals surface area contributed by atoms with Crippen LogP contribution >= 0.6 is 11.6 Å². The number of rotatable bonds is 10. The minimum atomic E-state index is -3.50. The van der Waals surface area contributed by atoms with E-state index in [1.165, 1.54) is 4.31 Å². The molecule has 164 valence electrons. The summed E-state index contributed by atoms with van der Waals surface area (Å²) in [4.78, 5) is 12.4. The lowest BCUT2D eigenvalue weighted by molar-refractivity contribution is -0.121. The summed E-state index contributed by atoms with van der Waals surface area (Å²) >= 11 is 6.04. The van der Waals surface area contributed by atoms with Gasteiger partial charge in [0.05, 0.1) is 24.6 Å². The molecule has 0 bridgehead atoms. The fourth-order valence-corrected chi connectivity index (χ4v) is 4.30. The quantitative estimate of drug-likeness (QED) is 0.577. The number of hydrogen-bond acceptors (Lipinski definition) is 4. The molecule has 6 nitrogen and oxygen atoms in total. The number of hydrogen-bond donors (Lipinski definition) is 1. The lowest BCUT2D eigenvalue weighted by Crippen LogP contribution is -2.33. The summed E-state index contributed by atoms with van der Waals surface area (Å²) < 4.78 is 31.3. The van der Waals surface area contributed by atoms with Crippen molar-refractivity contribution in [3.05, 3.63) is 58.6 Å². The predicted molar refractivity (Wildman–Crippen MR) is 122 cm³/mol. The van der Waals surface area contributed by atoms with Gasteiger partial charge in [-0.15, -0.1) is 0 Å². The van der Waals surface area contributed by atoms with Crippen molar-refractivity contribution in [2.45, 2.75) is 39.7 Å². The Hall–Kier alpha value is -2.25. The highest BCUT2D eigenvalue weighted by Gasteiger charge is 2.20. The van der Waals surface area contributed by atoms with Crippen LogP contribution in [0, 0.1) is 6.92 Å². The second-order valence-corrected chi connectivity index (χ2v) is 9.50. The summed E-state index contributed by atoms with van der Waals surface area (Å²) in [6.45, 7) is 6.46. The lowest BCUT2D eigenvalue weighted by atomic mass is 10.1. The first-order valence-electron chi connectivity index (χ1n) is 9.87. The zero-order valence-electron chi connectivity index (χ0n) is 17.8. The number of sulfonamides is 1. The number of nitrogens with one attached hydrogen (secondary N) is 1. The van der Waals surface area contributed by atoms with Crippen LogP contribution in [0.25, 0.3) is 0 Å². The Morgan fingerprint density at radius 3 is 2.47 bits per heavy atom. The highest BCUT2D eigenvalue weighted by atomic mass is 35.5. The maximum Gasteiger partial charge on any atom is 0.232 e. The molecule has 0 aromatic heterocycles. The van der Waals surface area contributed by atoms with Gasteiger partial charge >= 0.3 is 0 Å². The topological polar surface area (TPSA) is 75.7 Å². The van der Waals surface area contributed by atoms with Crippen LogP contribution in [-0.2, 0) is 14.8 Å². The fraction of sp³-hybridized carbons (Fsp3) is 0.409. The van der Waals surface area contributed by atoms with Crippen LogP contribution in [0.3, 0.4) is 0 Å². The van der Waals surface area contributed by atoms with Crippen LogP contribution in [0.2, 0.25) is 5.02 Å². The van der Waals surface area contributed by atoms with E-state index in [1.807, 2.05) is 45.0 Å². The van der Waals surface area contributed by atoms with Crippen LogP contribution < -0.4 is 14.4 Å². The van der Waals surface area contributed by atoms with Gasteiger partial charge in [-0.2, -0.15) is 0 Å². The first-order valence-corrected chi connectivity index (χ1v) is 12.1. The van der Waals surface area contributed by atoms with Gasteiger partial charge in [-0.3, -0.25) is 9.10 Å². The Kier molecular flexibility index (Phi) is 8.55. The summed E-state index contributed by atoms with van der Waals surface area (Å²) in [6, 6.07) is 12.6. The maximum absolute atomic E-state index is 12.4. The smallest absolute Gasteiger partial charge is 0.232 e. The van der Waals surface area contributed by atoms with Crippen LogP contribution in [0.15, 0.2) is 42.5 Å². The van der Waals surface area contributed by atoms with Crippen molar-refractivity contribution in [1.82, 2.24) is 5.32 Å². The van der Waals surface area contributed by atoms with Crippen molar-refractivity contribution in [2.75, 3.05) is 23.7 Å². The second kappa shape index (κ2) is 10.7. The van der Waals surface area contributed by atoms with Crippen LogP contribution in [0.4, 0.5) is 5.69 Å². The number of carbonyl (C=O) groups excluding carboxylic acids is 1. The van der Waals surface area contributed by atoms with Gasteiger partial charge < -0.3 is 10.1 Å². The molecule has 0 aliphatic rings. The largest absolute Gasteiger partial charge is 0.494 e. The number of nitrogens with zero attached hydrogens (tertiary/aromatic N) is 1. The Labute approximate surface area is 184 Å². The molecule has 30 heavy (non-hydrogen) atoms. The zero-order chi connectivity index (χ0) is 22.3. The molecule has 0 saturated heterocycles. The molecule has 1 amide bonds. The normalized spacial score (nSPS) is 12.3. The van der Waals surface area contributed by atoms with Crippen molar-refractivity contribution >= 4 is 33.2 Å². The number of benzene rings is 2. The van der Waals surface area contributed by atoms with Gasteiger partial charge in [0, 0.05) is 18.0 Å². The van der Waals surface area contributed by atoms with Crippen molar-refractivity contribution in [2.24, 2.45) is 0 Å². The molecule has 0 saturated carbocycles. The molecule has 0 aliphatic carbocycles. The minimum Gasteiger partial charge on any atom is -0.494 e. The van der Waals surface area contributed by atoms with E-state index in [9.17, 15) is 13.2 Å². The summed E-state index contributed by atoms with van der Waals surface area (Å²) in [5, 5.41) is 3.42. The molecule has 0 radical (unpaired) electrons. The van der Waals surface area contributed by atoms with Crippen LogP contribution in [0.1, 0.15) is 43.9 Å². The lowest BCUT2D eigenvalue weighted by Gasteiger charge is -2.24. The first kappa shape index (κ1) is 24.0. The molecule has 2 rings (SSSR count). The molecular formula is C22H29ClN2O4S. The van der Waals surface area contributed by atoms with Gasteiger partial charge in [-0.25, -0.2) is 8.42 Å². The number of ether oxygens (including phenoxy) is 1. The molecule has 1 N–H and O–H groups in total. The average molecular weight is 453 g/mol. The van der Waals surface area contributed by atoms with E-state index in [0.717, 1.165) is 23.1 Å². The molecule has 2 aromatic rings. The minimum absolute atomic E-state index is 0.132. The van der Waals surface area contributed by atoms with E-state index in [0.29, 0.717) is 23.7 Å². The average Bonchev–Trinajstić information content (AvgIpc) is 2.67. The second-order valence-electron chi connectivity index (χ2n) is 7.16. The zero-order valence-corrected chi connectivity index (χ0v) is 19.4. The fourth-order valence-electron chi connectivity index (χ4n) is 3.12. The molecule has 0 aliphatic heterocycles. The SMILES string of the molecule is CCOc1ccc([C@H](C)NC(=O)CCCN(c2cc(Cl)ccc2C)S(C)(=O)=O)cc1. The van der Waals surface area contributed by atoms with Crippen molar-refractivity contribution in [3.8, 4) is 5.75 Å². The van der Waals surface area contributed by atoms with Gasteiger partial charge in [0.15, 0.2) is 0 Å². The molecule has 2 aromatic carbocycles. The molecule has 8 heteroatoms. The number of amides is 1. The monoisotopic (exact) mass is 452 g/mol. The van der Waals surface area contributed by atoms with E-state index < -0.39 is 10.0 Å². The van der Waals surface area contributed by atoms with E-state index in [4.69, 9.17) is 16.3 Å². The molecule has 0 heterocycles. The predicted octanol–water partition coefficient (Wildman–Crippen LogP) is 4.47. The summed E-state index contributed by atoms with van der Waals surface area (Å²) in [5.74, 6) is 0.657. The van der Waals surface area contributed by atoms with Gasteiger partial charge in [0.2, 0.25) is 15.9 Å². The summed E-state index contributed by atoms with van der Waals surface area (Å²) in [7, 11) is -3.50. The van der Waals surface area contributed by atoms with E-state index in [-0.39, 0.29) is 24.9 Å². The van der Waals surface area contributed by atoms with E-state index in [1.54, 1.807) is 18.2 Å².